The highest BCUT2D eigenvalue weighted by Crippen LogP contribution is 2.30. The minimum atomic E-state index is -0.252. The summed E-state index contributed by atoms with van der Waals surface area (Å²) < 4.78 is 5.78. The summed E-state index contributed by atoms with van der Waals surface area (Å²) in [6, 6.07) is -0.166. The average molecular weight is 316 g/mol. The topological polar surface area (TPSA) is 61.9 Å². The molecule has 1 N–H and O–H groups in total. The van der Waals surface area contributed by atoms with E-state index in [-0.39, 0.29) is 42.5 Å². The van der Waals surface area contributed by atoms with Crippen LogP contribution in [0.1, 0.15) is 12.8 Å². The fraction of sp³-hybridized carbons (Fsp3) is 0.714. The second-order valence-corrected chi connectivity index (χ2v) is 5.86. The predicted octanol–water partition coefficient (Wildman–Crippen LogP) is -0.214. The van der Waals surface area contributed by atoms with E-state index in [1.807, 2.05) is 24.1 Å². The number of piperidine rings is 1. The van der Waals surface area contributed by atoms with Crippen molar-refractivity contribution in [2.75, 3.05) is 39.8 Å². The third-order valence-corrected chi connectivity index (χ3v) is 4.49. The fourth-order valence-corrected chi connectivity index (χ4v) is 3.16. The zero-order valence-electron chi connectivity index (χ0n) is 12.2. The number of nitrogens with zero attached hydrogens (tertiary/aromatic N) is 2. The summed E-state index contributed by atoms with van der Waals surface area (Å²) in [6.45, 7) is 2.97. The third kappa shape index (κ3) is 3.22. The zero-order valence-corrected chi connectivity index (χ0v) is 13.0. The molecule has 2 amide bonds. The number of hydrogen-bond acceptors (Lipinski definition) is 4. The first kappa shape index (κ1) is 16.3. The van der Waals surface area contributed by atoms with Crippen LogP contribution in [0.15, 0.2) is 12.2 Å². The standard InChI is InChI=1S/C14H21N3O3.ClH/c1-16-10-14(20-9-12(16)18)4-7-17(8-5-14)13(19)11-3-2-6-15-11;/h2-3,11,15H,4-10H2,1H3;1H. The van der Waals surface area contributed by atoms with Crippen LogP contribution in [0, 0.1) is 0 Å². The molecule has 0 aromatic heterocycles. The molecule has 2 fully saturated rings. The molecule has 0 radical (unpaired) electrons. The van der Waals surface area contributed by atoms with Gasteiger partial charge in [0.15, 0.2) is 0 Å². The maximum Gasteiger partial charge on any atom is 0.248 e. The maximum absolute atomic E-state index is 12.3. The van der Waals surface area contributed by atoms with Gasteiger partial charge in [0.2, 0.25) is 11.8 Å². The molecule has 2 saturated heterocycles. The Hall–Kier alpha value is -1.11. The molecule has 21 heavy (non-hydrogen) atoms. The Labute approximate surface area is 130 Å². The summed E-state index contributed by atoms with van der Waals surface area (Å²) in [6.07, 6.45) is 5.51. The van der Waals surface area contributed by atoms with Crippen molar-refractivity contribution in [2.24, 2.45) is 0 Å². The van der Waals surface area contributed by atoms with E-state index in [2.05, 4.69) is 5.32 Å². The van der Waals surface area contributed by atoms with E-state index in [1.165, 1.54) is 0 Å². The van der Waals surface area contributed by atoms with Gasteiger partial charge in [0.25, 0.3) is 0 Å². The van der Waals surface area contributed by atoms with Crippen LogP contribution >= 0.6 is 12.4 Å². The summed E-state index contributed by atoms with van der Waals surface area (Å²) in [5, 5.41) is 3.15. The van der Waals surface area contributed by atoms with Gasteiger partial charge in [-0.1, -0.05) is 12.2 Å². The van der Waals surface area contributed by atoms with Crippen LogP contribution in [0.4, 0.5) is 0 Å². The number of hydrogen-bond donors (Lipinski definition) is 1. The zero-order chi connectivity index (χ0) is 14.2. The maximum atomic E-state index is 12.3. The predicted molar refractivity (Wildman–Crippen MR) is 80.3 cm³/mol. The van der Waals surface area contributed by atoms with E-state index in [0.717, 1.165) is 19.4 Å². The van der Waals surface area contributed by atoms with Gasteiger partial charge in [0, 0.05) is 33.2 Å². The van der Waals surface area contributed by atoms with E-state index in [1.54, 1.807) is 4.90 Å². The molecular formula is C14H22ClN3O3. The largest absolute Gasteiger partial charge is 0.363 e. The number of carbonyl (C=O) groups excluding carboxylic acids is 2. The van der Waals surface area contributed by atoms with Crippen molar-refractivity contribution in [2.45, 2.75) is 24.5 Å². The van der Waals surface area contributed by atoms with Crippen molar-refractivity contribution in [3.8, 4) is 0 Å². The Kier molecular flexibility index (Phi) is 4.91. The van der Waals surface area contributed by atoms with Crippen LogP contribution in [0.25, 0.3) is 0 Å². The molecule has 1 unspecified atom stereocenters. The van der Waals surface area contributed by atoms with Gasteiger partial charge in [-0.05, 0) is 12.8 Å². The SMILES string of the molecule is CN1CC2(CCN(C(=O)C3C=CCN3)CC2)OCC1=O.Cl. The lowest BCUT2D eigenvalue weighted by atomic mass is 9.89. The Morgan fingerprint density at radius 3 is 2.71 bits per heavy atom. The van der Waals surface area contributed by atoms with Gasteiger partial charge in [0.1, 0.15) is 12.6 Å². The molecule has 7 heteroatoms. The Balaban J connectivity index is 0.00000161. The molecule has 0 aliphatic carbocycles. The van der Waals surface area contributed by atoms with Gasteiger partial charge in [-0.15, -0.1) is 12.4 Å². The highest BCUT2D eigenvalue weighted by molar-refractivity contribution is 5.85. The van der Waals surface area contributed by atoms with Gasteiger partial charge < -0.3 is 14.5 Å². The quantitative estimate of drug-likeness (QED) is 0.680. The lowest BCUT2D eigenvalue weighted by Gasteiger charge is -2.46. The summed E-state index contributed by atoms with van der Waals surface area (Å²) in [7, 11) is 1.82. The highest BCUT2D eigenvalue weighted by Gasteiger charge is 2.42. The van der Waals surface area contributed by atoms with Crippen LogP contribution in [-0.2, 0) is 14.3 Å². The first-order chi connectivity index (χ1) is 9.60. The summed E-state index contributed by atoms with van der Waals surface area (Å²) in [5.74, 6) is 0.184. The number of rotatable bonds is 1. The number of likely N-dealkylation sites (N-methyl/N-ethyl adjacent to an activating group) is 1. The molecule has 1 spiro atoms. The smallest absolute Gasteiger partial charge is 0.248 e. The molecule has 3 aliphatic rings. The number of amides is 2. The van der Waals surface area contributed by atoms with Gasteiger partial charge in [-0.3, -0.25) is 14.9 Å². The fourth-order valence-electron chi connectivity index (χ4n) is 3.16. The van der Waals surface area contributed by atoms with Crippen molar-refractivity contribution in [3.63, 3.8) is 0 Å². The van der Waals surface area contributed by atoms with Gasteiger partial charge >= 0.3 is 0 Å². The lowest BCUT2D eigenvalue weighted by molar-refractivity contribution is -0.171. The molecular weight excluding hydrogens is 294 g/mol. The molecule has 3 heterocycles. The van der Waals surface area contributed by atoms with Crippen LogP contribution in [0.2, 0.25) is 0 Å². The van der Waals surface area contributed by atoms with Crippen molar-refractivity contribution in [1.82, 2.24) is 15.1 Å². The second kappa shape index (κ2) is 6.34. The molecule has 1 atom stereocenters. The van der Waals surface area contributed by atoms with Crippen LogP contribution in [-0.4, -0.2) is 73.1 Å². The molecule has 0 aromatic carbocycles. The van der Waals surface area contributed by atoms with Crippen molar-refractivity contribution in [3.05, 3.63) is 12.2 Å². The highest BCUT2D eigenvalue weighted by atomic mass is 35.5. The van der Waals surface area contributed by atoms with Gasteiger partial charge in [-0.25, -0.2) is 0 Å². The molecule has 0 bridgehead atoms. The van der Waals surface area contributed by atoms with Crippen LogP contribution in [0.5, 0.6) is 0 Å². The third-order valence-electron chi connectivity index (χ3n) is 4.49. The molecule has 0 saturated carbocycles. The van der Waals surface area contributed by atoms with Crippen LogP contribution < -0.4 is 5.32 Å². The average Bonchev–Trinajstić information content (AvgIpc) is 2.98. The van der Waals surface area contributed by atoms with Gasteiger partial charge in [0.05, 0.1) is 5.60 Å². The normalized spacial score (nSPS) is 27.9. The summed E-state index contributed by atoms with van der Waals surface area (Å²) >= 11 is 0. The monoisotopic (exact) mass is 315 g/mol. The minimum absolute atomic E-state index is 0. The number of halogens is 1. The first-order valence-electron chi connectivity index (χ1n) is 7.16. The number of ether oxygens (including phenoxy) is 1. The molecule has 6 nitrogen and oxygen atoms in total. The van der Waals surface area contributed by atoms with Crippen molar-refractivity contribution < 1.29 is 14.3 Å². The summed E-state index contributed by atoms with van der Waals surface area (Å²) in [5.41, 5.74) is -0.252. The van der Waals surface area contributed by atoms with E-state index in [4.69, 9.17) is 4.74 Å². The molecule has 0 aromatic rings. The Morgan fingerprint density at radius 2 is 2.14 bits per heavy atom. The van der Waals surface area contributed by atoms with E-state index in [9.17, 15) is 9.59 Å². The Bertz CT molecular complexity index is 447. The molecule has 118 valence electrons. The minimum Gasteiger partial charge on any atom is -0.363 e. The molecule has 3 aliphatic heterocycles. The molecule has 3 rings (SSSR count). The number of carbonyl (C=O) groups is 2. The van der Waals surface area contributed by atoms with E-state index < -0.39 is 0 Å². The number of likely N-dealkylation sites (tertiary alicyclic amines) is 1. The Morgan fingerprint density at radius 1 is 1.43 bits per heavy atom. The first-order valence-corrected chi connectivity index (χ1v) is 7.16. The van der Waals surface area contributed by atoms with Crippen molar-refractivity contribution in [1.29, 1.82) is 0 Å². The summed E-state index contributed by atoms with van der Waals surface area (Å²) in [4.78, 5) is 27.4. The van der Waals surface area contributed by atoms with Crippen LogP contribution in [0.3, 0.4) is 0 Å². The lowest BCUT2D eigenvalue weighted by Crippen LogP contribution is -2.59. The van der Waals surface area contributed by atoms with E-state index in [0.29, 0.717) is 19.6 Å². The second-order valence-electron chi connectivity index (χ2n) is 5.86. The van der Waals surface area contributed by atoms with E-state index >= 15 is 0 Å². The number of nitrogens with one attached hydrogen (secondary N) is 1. The number of morpholine rings is 1. The van der Waals surface area contributed by atoms with Gasteiger partial charge in [-0.2, -0.15) is 0 Å². The van der Waals surface area contributed by atoms with Crippen molar-refractivity contribution >= 4 is 24.2 Å².